The molecule has 2 aromatic heterocycles. The second-order valence-electron chi connectivity index (χ2n) is 10.7. The first kappa shape index (κ1) is 23.3. The minimum Gasteiger partial charge on any atom is -0.458 e. The summed E-state index contributed by atoms with van der Waals surface area (Å²) in [5.74, 6) is 1.59. The lowest BCUT2D eigenvalue weighted by Gasteiger charge is -2.32. The van der Waals surface area contributed by atoms with E-state index in [-0.39, 0.29) is 34.0 Å². The van der Waals surface area contributed by atoms with Crippen LogP contribution in [-0.2, 0) is 0 Å². The van der Waals surface area contributed by atoms with Gasteiger partial charge < -0.3 is 9.15 Å². The monoisotopic (exact) mass is 510 g/mol. The van der Waals surface area contributed by atoms with E-state index in [0.29, 0.717) is 11.3 Å². The van der Waals surface area contributed by atoms with E-state index < -0.39 is 0 Å². The number of hydrogen-bond acceptors (Lipinski definition) is 3. The van der Waals surface area contributed by atoms with Crippen LogP contribution in [0.2, 0.25) is 0 Å². The minimum atomic E-state index is -0.112. The van der Waals surface area contributed by atoms with Crippen LogP contribution in [0.3, 0.4) is 0 Å². The Kier molecular flexibility index (Phi) is 4.46. The van der Waals surface area contributed by atoms with E-state index in [9.17, 15) is 0 Å². The third-order valence-electron chi connectivity index (χ3n) is 8.58. The summed E-state index contributed by atoms with van der Waals surface area (Å²) in [7, 11) is 31.6. The molecule has 0 spiro atoms. The highest BCUT2D eigenvalue weighted by Gasteiger charge is 2.41. The molecule has 2 aliphatic rings. The van der Waals surface area contributed by atoms with Crippen molar-refractivity contribution in [2.24, 2.45) is 0 Å². The van der Waals surface area contributed by atoms with Gasteiger partial charge in [0.2, 0.25) is 0 Å². The van der Waals surface area contributed by atoms with Gasteiger partial charge in [-0.1, -0.05) is 53.4 Å². The zero-order chi connectivity index (χ0) is 27.7. The van der Waals surface area contributed by atoms with Gasteiger partial charge in [-0.05, 0) is 52.3 Å². The molecule has 0 saturated heterocycles. The lowest BCUT2D eigenvalue weighted by Crippen LogP contribution is -2.58. The molecule has 2 aliphatic heterocycles. The molecule has 4 heterocycles. The third-order valence-corrected chi connectivity index (χ3v) is 8.58. The number of hydrogen-bond donors (Lipinski definition) is 0. The number of para-hydroxylation sites is 2. The van der Waals surface area contributed by atoms with Crippen molar-refractivity contribution in [2.45, 2.75) is 0 Å². The second kappa shape index (κ2) is 7.85. The van der Waals surface area contributed by atoms with Gasteiger partial charge in [0, 0.05) is 16.2 Å². The fraction of sp³-hybridized carbons (Fsp3) is 0. The van der Waals surface area contributed by atoms with Crippen LogP contribution in [0.1, 0.15) is 0 Å². The van der Waals surface area contributed by atoms with Crippen molar-refractivity contribution in [3.63, 3.8) is 0 Å². The zero-order valence-electron chi connectivity index (χ0n) is 21.6. The van der Waals surface area contributed by atoms with Crippen molar-refractivity contribution in [3.8, 4) is 28.4 Å². The standard InChI is InChI=1S/C31H12B6N2O2/c32-24-23(25(33)27(35)28(36)26(24)34)30-14-6-3-7-16-31(14)39(38-30)18-8-4-10-20-29(18)37(16)17-12-21-15(11-22(17)41-20)13-5-1-2-9-19(13)40-21/h1-12H. The van der Waals surface area contributed by atoms with E-state index in [2.05, 4.69) is 24.3 Å². The zero-order valence-corrected chi connectivity index (χ0v) is 21.6. The average Bonchev–Trinajstić information content (AvgIpc) is 3.55. The molecule has 7 aromatic rings. The Morgan fingerprint density at radius 3 is 2.20 bits per heavy atom. The summed E-state index contributed by atoms with van der Waals surface area (Å²) >= 11 is 0. The fourth-order valence-corrected chi connectivity index (χ4v) is 6.66. The third kappa shape index (κ3) is 2.85. The summed E-state index contributed by atoms with van der Waals surface area (Å²) in [4.78, 5) is 0. The Labute approximate surface area is 242 Å². The lowest BCUT2D eigenvalue weighted by molar-refractivity contribution is 0.487. The van der Waals surface area contributed by atoms with Gasteiger partial charge in [-0.25, -0.2) is 4.68 Å². The van der Waals surface area contributed by atoms with Crippen LogP contribution < -0.4 is 48.4 Å². The lowest BCUT2D eigenvalue weighted by atomic mass is 9.34. The highest BCUT2D eigenvalue weighted by atomic mass is 16.5. The Morgan fingerprint density at radius 2 is 1.37 bits per heavy atom. The van der Waals surface area contributed by atoms with Crippen LogP contribution in [0.5, 0.6) is 11.5 Å². The molecule has 0 saturated carbocycles. The van der Waals surface area contributed by atoms with Crippen molar-refractivity contribution in [3.05, 3.63) is 72.8 Å². The molecule has 0 bridgehead atoms. The molecule has 0 aliphatic carbocycles. The summed E-state index contributed by atoms with van der Waals surface area (Å²) < 4.78 is 14.8. The maximum Gasteiger partial charge on any atom is 0.256 e. The van der Waals surface area contributed by atoms with Crippen LogP contribution >= 0.6 is 0 Å². The molecule has 0 amide bonds. The first-order valence-corrected chi connectivity index (χ1v) is 13.2. The Hall–Kier alpha value is -4.44. The van der Waals surface area contributed by atoms with Crippen molar-refractivity contribution < 1.29 is 9.15 Å². The maximum absolute atomic E-state index is 6.57. The summed E-state index contributed by atoms with van der Waals surface area (Å²) in [6, 6.07) is 24.4. The molecule has 176 valence electrons. The van der Waals surface area contributed by atoms with Crippen molar-refractivity contribution >= 4 is 122 Å². The number of nitrogens with zero attached hydrogens (tertiary/aromatic N) is 2. The first-order chi connectivity index (χ1) is 19.9. The molecule has 9 rings (SSSR count). The van der Waals surface area contributed by atoms with Gasteiger partial charge in [0.25, 0.3) is 6.71 Å². The van der Waals surface area contributed by atoms with E-state index in [4.69, 9.17) is 53.5 Å². The smallest absolute Gasteiger partial charge is 0.256 e. The van der Waals surface area contributed by atoms with Gasteiger partial charge in [-0.3, -0.25) is 0 Å². The van der Waals surface area contributed by atoms with Crippen LogP contribution in [0.4, 0.5) is 0 Å². The van der Waals surface area contributed by atoms with Gasteiger partial charge in [0.05, 0.1) is 16.9 Å². The minimum absolute atomic E-state index is 0.112. The second-order valence-corrected chi connectivity index (χ2v) is 10.7. The van der Waals surface area contributed by atoms with E-state index in [1.165, 1.54) is 0 Å². The summed E-state index contributed by atoms with van der Waals surface area (Å²) in [5.41, 5.74) is 8.76. The van der Waals surface area contributed by atoms with Crippen LogP contribution in [-0.4, -0.2) is 55.7 Å². The Morgan fingerprint density at radius 1 is 0.634 bits per heavy atom. The molecule has 0 N–H and O–H groups in total. The molecule has 41 heavy (non-hydrogen) atoms. The van der Waals surface area contributed by atoms with Crippen molar-refractivity contribution in [2.75, 3.05) is 0 Å². The summed E-state index contributed by atoms with van der Waals surface area (Å²) in [6.07, 6.45) is 0. The molecule has 5 aromatic carbocycles. The fourth-order valence-electron chi connectivity index (χ4n) is 6.66. The van der Waals surface area contributed by atoms with Crippen LogP contribution in [0, 0.1) is 0 Å². The molecule has 4 nitrogen and oxygen atoms in total. The molecule has 10 heteroatoms. The molecule has 0 atom stereocenters. The Balaban J connectivity index is 1.38. The van der Waals surface area contributed by atoms with Gasteiger partial charge >= 0.3 is 0 Å². The number of fused-ring (bicyclic) bond motifs is 7. The summed E-state index contributed by atoms with van der Waals surface area (Å²) in [5, 5.41) is 8.01. The highest BCUT2D eigenvalue weighted by molar-refractivity contribution is 6.99. The van der Waals surface area contributed by atoms with Crippen LogP contribution in [0.25, 0.3) is 49.8 Å². The van der Waals surface area contributed by atoms with E-state index in [1.54, 1.807) is 0 Å². The van der Waals surface area contributed by atoms with Gasteiger partial charge in [-0.15, -0.1) is 16.4 Å². The largest absolute Gasteiger partial charge is 0.458 e. The SMILES string of the molecule is [B]c1c([B])c([B])c(-c2nn3c4c(cccc24)B2c4cc5oc6ccccc6c5cc4Oc4cccc-3c42)c([B])c1[B]. The predicted octanol–water partition coefficient (Wildman–Crippen LogP) is -0.504. The highest BCUT2D eigenvalue weighted by Crippen LogP contribution is 2.37. The number of rotatable bonds is 1. The average molecular weight is 509 g/mol. The maximum atomic E-state index is 6.57. The quantitative estimate of drug-likeness (QED) is 0.280. The molecular formula is C31H12B6N2O2. The number of furan rings is 1. The predicted molar refractivity (Wildman–Crippen MR) is 172 cm³/mol. The topological polar surface area (TPSA) is 40.2 Å². The molecule has 10 radical (unpaired) electrons. The van der Waals surface area contributed by atoms with Crippen molar-refractivity contribution in [1.82, 2.24) is 9.78 Å². The van der Waals surface area contributed by atoms with Crippen LogP contribution in [0.15, 0.2) is 77.2 Å². The van der Waals surface area contributed by atoms with E-state index in [0.717, 1.165) is 66.4 Å². The van der Waals surface area contributed by atoms with E-state index in [1.807, 2.05) is 53.2 Å². The number of aromatic nitrogens is 2. The van der Waals surface area contributed by atoms with E-state index >= 15 is 0 Å². The van der Waals surface area contributed by atoms with Gasteiger partial charge in [0.15, 0.2) is 0 Å². The normalized spacial score (nSPS) is 13.0. The summed E-state index contributed by atoms with van der Waals surface area (Å²) in [6.45, 7) is -0.112. The number of benzene rings is 5. The number of ether oxygens (including phenoxy) is 1. The Bertz CT molecular complexity index is 2290. The first-order valence-electron chi connectivity index (χ1n) is 13.2. The molecule has 0 fully saturated rings. The van der Waals surface area contributed by atoms with Gasteiger partial charge in [-0.2, -0.15) is 5.10 Å². The molecular weight excluding hydrogens is 497 g/mol. The molecule has 0 unspecified atom stereocenters. The van der Waals surface area contributed by atoms with Crippen molar-refractivity contribution in [1.29, 1.82) is 0 Å². The van der Waals surface area contributed by atoms with Gasteiger partial charge in [0.1, 0.15) is 61.9 Å².